The van der Waals surface area contributed by atoms with Gasteiger partial charge in [0.25, 0.3) is 5.56 Å². The first kappa shape index (κ1) is 24.0. The number of hydrogen-bond acceptors (Lipinski definition) is 6. The summed E-state index contributed by atoms with van der Waals surface area (Å²) < 4.78 is 42.3. The smallest absolute Gasteiger partial charge is 0.324 e. The van der Waals surface area contributed by atoms with Crippen molar-refractivity contribution in [1.29, 1.82) is 0 Å². The van der Waals surface area contributed by atoms with Gasteiger partial charge in [-0.05, 0) is 68.0 Å². The second kappa shape index (κ2) is 9.40. The van der Waals surface area contributed by atoms with E-state index in [0.717, 1.165) is 30.8 Å². The topological polar surface area (TPSA) is 80.0 Å². The molecule has 0 saturated heterocycles. The largest absolute Gasteiger partial charge is 0.408 e. The minimum absolute atomic E-state index is 0.0115. The molecule has 3 heterocycles. The van der Waals surface area contributed by atoms with Crippen LogP contribution in [0.3, 0.4) is 0 Å². The maximum Gasteiger partial charge on any atom is 0.408 e. The molecule has 1 aliphatic rings. The molecule has 188 valence electrons. The van der Waals surface area contributed by atoms with E-state index in [1.807, 2.05) is 43.3 Å². The number of rotatable bonds is 6. The van der Waals surface area contributed by atoms with Crippen molar-refractivity contribution in [3.05, 3.63) is 75.7 Å². The molecule has 0 saturated carbocycles. The summed E-state index contributed by atoms with van der Waals surface area (Å²) >= 11 is 0. The van der Waals surface area contributed by atoms with Crippen LogP contribution in [0.4, 0.5) is 24.8 Å². The van der Waals surface area contributed by atoms with Crippen molar-refractivity contribution in [3.63, 3.8) is 0 Å². The molecule has 0 atom stereocenters. The number of halogens is 3. The van der Waals surface area contributed by atoms with E-state index in [4.69, 9.17) is 0 Å². The van der Waals surface area contributed by atoms with E-state index < -0.39 is 18.3 Å². The molecule has 0 fully saturated rings. The Labute approximate surface area is 205 Å². The second-order valence-corrected chi connectivity index (χ2v) is 9.16. The lowest BCUT2D eigenvalue weighted by Gasteiger charge is -2.18. The highest BCUT2D eigenvalue weighted by Gasteiger charge is 2.32. The molecule has 8 nitrogen and oxygen atoms in total. The number of alkyl halides is 3. The number of anilines is 2. The van der Waals surface area contributed by atoms with Crippen LogP contribution in [0, 0.1) is 0 Å². The minimum Gasteiger partial charge on any atom is -0.324 e. The van der Waals surface area contributed by atoms with Crippen LogP contribution < -0.4 is 16.2 Å². The predicted molar refractivity (Wildman–Crippen MR) is 132 cm³/mol. The zero-order valence-electron chi connectivity index (χ0n) is 19.9. The average Bonchev–Trinajstić information content (AvgIpc) is 3.08. The molecule has 1 aliphatic heterocycles. The summed E-state index contributed by atoms with van der Waals surface area (Å²) in [4.78, 5) is 23.7. The van der Waals surface area contributed by atoms with Crippen LogP contribution in [0.2, 0.25) is 0 Å². The molecule has 2 aromatic heterocycles. The summed E-state index contributed by atoms with van der Waals surface area (Å²) in [5, 5.41) is 6.48. The molecule has 2 N–H and O–H groups in total. The van der Waals surface area contributed by atoms with E-state index in [9.17, 15) is 18.0 Å². The van der Waals surface area contributed by atoms with Crippen LogP contribution in [0.1, 0.15) is 16.7 Å². The molecule has 11 heteroatoms. The average molecular weight is 498 g/mol. The summed E-state index contributed by atoms with van der Waals surface area (Å²) in [6.07, 6.45) is -2.37. The first-order valence-electron chi connectivity index (χ1n) is 11.6. The molecule has 0 radical (unpaired) electrons. The van der Waals surface area contributed by atoms with Gasteiger partial charge < -0.3 is 15.5 Å². The van der Waals surface area contributed by atoms with Gasteiger partial charge in [0.2, 0.25) is 5.95 Å². The summed E-state index contributed by atoms with van der Waals surface area (Å²) in [5.41, 5.74) is 3.80. The van der Waals surface area contributed by atoms with Gasteiger partial charge in [-0.2, -0.15) is 18.2 Å². The zero-order valence-corrected chi connectivity index (χ0v) is 19.9. The normalized spacial score (nSPS) is 13.8. The van der Waals surface area contributed by atoms with E-state index in [0.29, 0.717) is 16.9 Å². The van der Waals surface area contributed by atoms with Gasteiger partial charge >= 0.3 is 6.18 Å². The Hall–Kier alpha value is -3.70. The minimum atomic E-state index is -4.59. The monoisotopic (exact) mass is 497 g/mol. The maximum atomic E-state index is 13.5. The summed E-state index contributed by atoms with van der Waals surface area (Å²) in [6.45, 7) is 0.835. The van der Waals surface area contributed by atoms with Crippen molar-refractivity contribution in [2.75, 3.05) is 26.0 Å². The molecule has 0 spiro atoms. The predicted octanol–water partition coefficient (Wildman–Crippen LogP) is 3.60. The Morgan fingerprint density at radius 1 is 1.14 bits per heavy atom. The van der Waals surface area contributed by atoms with Gasteiger partial charge in [0.15, 0.2) is 5.65 Å². The summed E-state index contributed by atoms with van der Waals surface area (Å²) in [5.74, 6) is 0.188. The van der Waals surface area contributed by atoms with Gasteiger partial charge in [-0.1, -0.05) is 18.2 Å². The van der Waals surface area contributed by atoms with Gasteiger partial charge in [-0.3, -0.25) is 4.79 Å². The van der Waals surface area contributed by atoms with Crippen molar-refractivity contribution in [2.45, 2.75) is 32.2 Å². The van der Waals surface area contributed by atoms with Gasteiger partial charge in [0, 0.05) is 25.0 Å². The third-order valence-electron chi connectivity index (χ3n) is 6.01. The highest BCUT2D eigenvalue weighted by Crippen LogP contribution is 2.25. The third kappa shape index (κ3) is 4.98. The fourth-order valence-electron chi connectivity index (χ4n) is 4.50. The van der Waals surface area contributed by atoms with Crippen molar-refractivity contribution >= 4 is 22.7 Å². The number of hydrogen-bond donors (Lipinski definition) is 2. The quantitative estimate of drug-likeness (QED) is 0.424. The first-order chi connectivity index (χ1) is 17.2. The Balaban J connectivity index is 1.61. The van der Waals surface area contributed by atoms with Crippen molar-refractivity contribution in [1.82, 2.24) is 29.5 Å². The van der Waals surface area contributed by atoms with E-state index >= 15 is 0 Å². The molecule has 5 rings (SSSR count). The maximum absolute atomic E-state index is 13.5. The lowest BCUT2D eigenvalue weighted by atomic mass is 10.0. The van der Waals surface area contributed by atoms with E-state index in [2.05, 4.69) is 20.6 Å². The highest BCUT2D eigenvalue weighted by atomic mass is 19.4. The molecule has 36 heavy (non-hydrogen) atoms. The number of nitrogens with one attached hydrogen (secondary N) is 2. The highest BCUT2D eigenvalue weighted by molar-refractivity contribution is 5.77. The van der Waals surface area contributed by atoms with E-state index in [1.54, 1.807) is 18.2 Å². The molecular weight excluding hydrogens is 471 g/mol. The Morgan fingerprint density at radius 2 is 1.97 bits per heavy atom. The van der Waals surface area contributed by atoms with Gasteiger partial charge in [-0.15, -0.1) is 0 Å². The van der Waals surface area contributed by atoms with Crippen molar-refractivity contribution in [3.8, 4) is 5.69 Å². The fourth-order valence-corrected chi connectivity index (χ4v) is 4.50. The standard InChI is InChI=1S/C25H26F3N7O/c1-33(2)14-16-4-3-5-20(10-16)35-22-21(23(36)34(35)15-25(26,27)28)13-30-24(32-22)31-19-7-6-17-8-9-29-12-18(17)11-19/h3-7,10-11,13,29H,8-9,12,14-15H2,1-2H3,(H,30,31,32). The first-order valence-corrected chi connectivity index (χ1v) is 11.6. The Morgan fingerprint density at radius 3 is 2.75 bits per heavy atom. The summed E-state index contributed by atoms with van der Waals surface area (Å²) in [7, 11) is 3.80. The molecule has 0 bridgehead atoms. The molecule has 2 aromatic carbocycles. The van der Waals surface area contributed by atoms with Crippen molar-refractivity contribution < 1.29 is 13.2 Å². The fraction of sp³-hybridized carbons (Fsp3) is 0.320. The molecule has 0 amide bonds. The van der Waals surface area contributed by atoms with Crippen LogP contribution >= 0.6 is 0 Å². The lowest BCUT2D eigenvalue weighted by Crippen LogP contribution is -2.30. The lowest BCUT2D eigenvalue weighted by molar-refractivity contribution is -0.144. The molecule has 4 aromatic rings. The van der Waals surface area contributed by atoms with Crippen LogP contribution in [-0.2, 0) is 26.1 Å². The second-order valence-electron chi connectivity index (χ2n) is 9.16. The number of benzene rings is 2. The number of nitrogens with zero attached hydrogens (tertiary/aromatic N) is 5. The van der Waals surface area contributed by atoms with E-state index in [1.165, 1.54) is 22.0 Å². The van der Waals surface area contributed by atoms with Crippen LogP contribution in [0.15, 0.2) is 53.5 Å². The molecular formula is C25H26F3N7O. The number of fused-ring (bicyclic) bond motifs is 2. The SMILES string of the molecule is CN(C)Cc1cccc(-n2c3nc(Nc4ccc5c(c4)CNCC5)ncc3c(=O)n2CC(F)(F)F)c1. The third-order valence-corrected chi connectivity index (χ3v) is 6.01. The van der Waals surface area contributed by atoms with Gasteiger partial charge in [-0.25, -0.2) is 14.3 Å². The van der Waals surface area contributed by atoms with Gasteiger partial charge in [0.05, 0.1) is 5.69 Å². The van der Waals surface area contributed by atoms with Crippen LogP contribution in [0.25, 0.3) is 16.7 Å². The van der Waals surface area contributed by atoms with Gasteiger partial charge in [0.1, 0.15) is 11.9 Å². The van der Waals surface area contributed by atoms with Crippen LogP contribution in [-0.4, -0.2) is 51.0 Å². The van der Waals surface area contributed by atoms with Crippen molar-refractivity contribution in [2.24, 2.45) is 0 Å². The number of aromatic nitrogens is 4. The van der Waals surface area contributed by atoms with Crippen LogP contribution in [0.5, 0.6) is 0 Å². The Kier molecular flexibility index (Phi) is 6.27. The zero-order chi connectivity index (χ0) is 25.4. The molecule has 0 aliphatic carbocycles. The summed E-state index contributed by atoms with van der Waals surface area (Å²) in [6, 6.07) is 13.0. The molecule has 0 unspecified atom stereocenters. The van der Waals surface area contributed by atoms with E-state index in [-0.39, 0.29) is 17.0 Å². The Bertz CT molecular complexity index is 1470.